The van der Waals surface area contributed by atoms with Crippen LogP contribution in [0.3, 0.4) is 0 Å². The Morgan fingerprint density at radius 1 is 1.00 bits per heavy atom. The fraction of sp³-hybridized carbons (Fsp3) is 0.318. The van der Waals surface area contributed by atoms with Crippen LogP contribution in [0.5, 0.6) is 5.75 Å². The SMILES string of the molecule is CCC(=Cc1ccc(OCc2ccccc2)cc1)C(=O)OC(C)(C)C. The van der Waals surface area contributed by atoms with Gasteiger partial charge in [0.2, 0.25) is 0 Å². The lowest BCUT2D eigenvalue weighted by atomic mass is 10.1. The summed E-state index contributed by atoms with van der Waals surface area (Å²) in [6, 6.07) is 17.8. The molecule has 0 saturated heterocycles. The van der Waals surface area contributed by atoms with Crippen LogP contribution in [0.15, 0.2) is 60.2 Å². The van der Waals surface area contributed by atoms with E-state index in [0.717, 1.165) is 16.9 Å². The van der Waals surface area contributed by atoms with E-state index in [-0.39, 0.29) is 5.97 Å². The van der Waals surface area contributed by atoms with Crippen LogP contribution in [0, 0.1) is 0 Å². The average molecular weight is 338 g/mol. The molecule has 0 unspecified atom stereocenters. The van der Waals surface area contributed by atoms with Gasteiger partial charge in [-0.3, -0.25) is 0 Å². The van der Waals surface area contributed by atoms with Crippen LogP contribution < -0.4 is 4.74 Å². The number of hydrogen-bond donors (Lipinski definition) is 0. The molecule has 0 saturated carbocycles. The lowest BCUT2D eigenvalue weighted by molar-refractivity contribution is -0.149. The maximum atomic E-state index is 12.2. The number of esters is 1. The minimum Gasteiger partial charge on any atom is -0.489 e. The van der Waals surface area contributed by atoms with Crippen molar-refractivity contribution in [3.8, 4) is 5.75 Å². The number of ether oxygens (including phenoxy) is 2. The fourth-order valence-electron chi connectivity index (χ4n) is 2.25. The van der Waals surface area contributed by atoms with Crippen molar-refractivity contribution in [1.82, 2.24) is 0 Å². The molecule has 25 heavy (non-hydrogen) atoms. The quantitative estimate of drug-likeness (QED) is 0.522. The van der Waals surface area contributed by atoms with Gasteiger partial charge in [-0.15, -0.1) is 0 Å². The second kappa shape index (κ2) is 8.52. The van der Waals surface area contributed by atoms with Crippen LogP contribution in [-0.2, 0) is 16.1 Å². The summed E-state index contributed by atoms with van der Waals surface area (Å²) in [5.74, 6) is 0.538. The molecule has 0 atom stereocenters. The first-order valence-corrected chi connectivity index (χ1v) is 8.58. The van der Waals surface area contributed by atoms with Gasteiger partial charge in [0.25, 0.3) is 0 Å². The fourth-order valence-corrected chi connectivity index (χ4v) is 2.25. The Bertz CT molecular complexity index is 707. The molecular formula is C22H26O3. The zero-order valence-corrected chi connectivity index (χ0v) is 15.4. The van der Waals surface area contributed by atoms with Crippen LogP contribution in [0.2, 0.25) is 0 Å². The Hall–Kier alpha value is -2.55. The summed E-state index contributed by atoms with van der Waals surface area (Å²) in [6.45, 7) is 8.10. The molecule has 0 fully saturated rings. The third kappa shape index (κ3) is 6.46. The average Bonchev–Trinajstić information content (AvgIpc) is 2.58. The standard InChI is InChI=1S/C22H26O3/c1-5-19(21(23)25-22(2,3)4)15-17-11-13-20(14-12-17)24-16-18-9-7-6-8-10-18/h6-15H,5,16H2,1-4H3. The molecule has 132 valence electrons. The number of hydrogen-bond acceptors (Lipinski definition) is 3. The molecule has 0 N–H and O–H groups in total. The van der Waals surface area contributed by atoms with Gasteiger partial charge in [0, 0.05) is 5.57 Å². The minimum absolute atomic E-state index is 0.264. The van der Waals surface area contributed by atoms with Gasteiger partial charge < -0.3 is 9.47 Å². The highest BCUT2D eigenvalue weighted by atomic mass is 16.6. The van der Waals surface area contributed by atoms with E-state index >= 15 is 0 Å². The Morgan fingerprint density at radius 2 is 1.64 bits per heavy atom. The van der Waals surface area contributed by atoms with Crippen molar-refractivity contribution in [1.29, 1.82) is 0 Å². The number of benzene rings is 2. The van der Waals surface area contributed by atoms with Crippen molar-refractivity contribution < 1.29 is 14.3 Å². The number of carbonyl (C=O) groups is 1. The van der Waals surface area contributed by atoms with E-state index < -0.39 is 5.60 Å². The van der Waals surface area contributed by atoms with Crippen molar-refractivity contribution in [2.24, 2.45) is 0 Å². The lowest BCUT2D eigenvalue weighted by Crippen LogP contribution is -2.24. The van der Waals surface area contributed by atoms with E-state index in [9.17, 15) is 4.79 Å². The largest absolute Gasteiger partial charge is 0.489 e. The summed E-state index contributed by atoms with van der Waals surface area (Å²) >= 11 is 0. The molecule has 3 nitrogen and oxygen atoms in total. The third-order valence-electron chi connectivity index (χ3n) is 3.51. The van der Waals surface area contributed by atoms with Gasteiger partial charge in [-0.2, -0.15) is 0 Å². The van der Waals surface area contributed by atoms with Gasteiger partial charge in [0.15, 0.2) is 0 Å². The van der Waals surface area contributed by atoms with Gasteiger partial charge >= 0.3 is 5.97 Å². The first kappa shape index (κ1) is 18.8. The van der Waals surface area contributed by atoms with Gasteiger partial charge in [-0.05, 0) is 56.5 Å². The zero-order valence-electron chi connectivity index (χ0n) is 15.4. The summed E-state index contributed by atoms with van der Waals surface area (Å²) in [6.07, 6.45) is 2.50. The maximum absolute atomic E-state index is 12.2. The molecule has 0 aliphatic heterocycles. The van der Waals surface area contributed by atoms with Crippen molar-refractivity contribution in [2.45, 2.75) is 46.3 Å². The van der Waals surface area contributed by atoms with E-state index in [1.807, 2.05) is 88.4 Å². The molecule has 2 rings (SSSR count). The molecule has 0 heterocycles. The second-order valence-corrected chi connectivity index (χ2v) is 6.87. The second-order valence-electron chi connectivity index (χ2n) is 6.87. The van der Waals surface area contributed by atoms with E-state index in [0.29, 0.717) is 18.6 Å². The number of rotatable bonds is 6. The van der Waals surface area contributed by atoms with Crippen LogP contribution >= 0.6 is 0 Å². The Morgan fingerprint density at radius 3 is 2.20 bits per heavy atom. The van der Waals surface area contributed by atoms with Crippen LogP contribution in [0.25, 0.3) is 6.08 Å². The third-order valence-corrected chi connectivity index (χ3v) is 3.51. The summed E-state index contributed by atoms with van der Waals surface area (Å²) in [4.78, 5) is 12.2. The first-order chi connectivity index (χ1) is 11.9. The molecule has 3 heteroatoms. The van der Waals surface area contributed by atoms with Crippen LogP contribution in [0.1, 0.15) is 45.2 Å². The predicted octanol–water partition coefficient (Wildman–Crippen LogP) is 5.40. The monoisotopic (exact) mass is 338 g/mol. The van der Waals surface area contributed by atoms with E-state index in [4.69, 9.17) is 9.47 Å². The summed E-state index contributed by atoms with van der Waals surface area (Å²) in [5, 5.41) is 0. The molecule has 2 aromatic carbocycles. The van der Waals surface area contributed by atoms with Gasteiger partial charge in [-0.25, -0.2) is 4.79 Å². The highest BCUT2D eigenvalue weighted by Crippen LogP contribution is 2.19. The molecule has 0 aliphatic rings. The molecule has 0 radical (unpaired) electrons. The summed E-state index contributed by atoms with van der Waals surface area (Å²) in [5.41, 5.74) is 2.26. The zero-order chi connectivity index (χ0) is 18.3. The van der Waals surface area contributed by atoms with E-state index in [1.54, 1.807) is 0 Å². The van der Waals surface area contributed by atoms with Gasteiger partial charge in [0.1, 0.15) is 18.0 Å². The number of carbonyl (C=O) groups excluding carboxylic acids is 1. The van der Waals surface area contributed by atoms with Crippen LogP contribution in [0.4, 0.5) is 0 Å². The lowest BCUT2D eigenvalue weighted by Gasteiger charge is -2.20. The highest BCUT2D eigenvalue weighted by Gasteiger charge is 2.18. The maximum Gasteiger partial charge on any atom is 0.334 e. The van der Waals surface area contributed by atoms with Gasteiger partial charge in [-0.1, -0.05) is 49.4 Å². The van der Waals surface area contributed by atoms with Crippen LogP contribution in [-0.4, -0.2) is 11.6 Å². The van der Waals surface area contributed by atoms with E-state index in [2.05, 4.69) is 0 Å². The Kier molecular flexibility index (Phi) is 6.40. The van der Waals surface area contributed by atoms with Crippen molar-refractivity contribution in [3.05, 3.63) is 71.3 Å². The van der Waals surface area contributed by atoms with Crippen molar-refractivity contribution in [3.63, 3.8) is 0 Å². The predicted molar refractivity (Wildman–Crippen MR) is 101 cm³/mol. The minimum atomic E-state index is -0.486. The first-order valence-electron chi connectivity index (χ1n) is 8.58. The Balaban J connectivity index is 2.01. The smallest absolute Gasteiger partial charge is 0.334 e. The molecule has 0 bridgehead atoms. The summed E-state index contributed by atoms with van der Waals surface area (Å²) in [7, 11) is 0. The molecule has 2 aromatic rings. The molecule has 0 aromatic heterocycles. The molecule has 0 spiro atoms. The highest BCUT2D eigenvalue weighted by molar-refractivity contribution is 5.93. The topological polar surface area (TPSA) is 35.5 Å². The van der Waals surface area contributed by atoms with Crippen molar-refractivity contribution in [2.75, 3.05) is 0 Å². The summed E-state index contributed by atoms with van der Waals surface area (Å²) < 4.78 is 11.2. The molecule has 0 aliphatic carbocycles. The Labute approximate surface area is 150 Å². The van der Waals surface area contributed by atoms with Gasteiger partial charge in [0.05, 0.1) is 0 Å². The molecule has 0 amide bonds. The normalized spacial score (nSPS) is 11.9. The molecular weight excluding hydrogens is 312 g/mol. The van der Waals surface area contributed by atoms with Crippen molar-refractivity contribution >= 4 is 12.0 Å². The van der Waals surface area contributed by atoms with E-state index in [1.165, 1.54) is 0 Å².